The molecular weight excluding hydrogens is 368 g/mol. The molecule has 2 aliphatic rings. The molecule has 0 aromatic heterocycles. The third-order valence-corrected chi connectivity index (χ3v) is 5.09. The van der Waals surface area contributed by atoms with E-state index in [9.17, 15) is 9.59 Å². The largest absolute Gasteiger partial charge is 0.381 e. The molecule has 0 saturated heterocycles. The third kappa shape index (κ3) is 6.29. The second kappa shape index (κ2) is 11.0. The fourth-order valence-electron chi connectivity index (χ4n) is 3.28. The van der Waals surface area contributed by atoms with Gasteiger partial charge in [-0.15, -0.1) is 0 Å². The molecule has 0 spiro atoms. The van der Waals surface area contributed by atoms with Gasteiger partial charge in [0.15, 0.2) is 5.96 Å². The van der Waals surface area contributed by atoms with Crippen LogP contribution in [0.5, 0.6) is 0 Å². The number of nitrogens with one attached hydrogen (secondary N) is 2. The molecule has 1 fully saturated rings. The second-order valence-corrected chi connectivity index (χ2v) is 7.57. The molecule has 1 heterocycles. The number of imide groups is 1. The van der Waals surface area contributed by atoms with Gasteiger partial charge in [-0.3, -0.25) is 19.5 Å². The number of hydrogen-bond acceptors (Lipinski definition) is 4. The predicted octanol–water partition coefficient (Wildman–Crippen LogP) is 2.43. The quantitative estimate of drug-likeness (QED) is 0.244. The maximum Gasteiger partial charge on any atom is 0.261 e. The van der Waals surface area contributed by atoms with Gasteiger partial charge in [0.2, 0.25) is 0 Å². The van der Waals surface area contributed by atoms with Gasteiger partial charge in [-0.25, -0.2) is 0 Å². The number of hydrogen-bond donors (Lipinski definition) is 2. The number of carbonyl (C=O) groups is 2. The monoisotopic (exact) mass is 400 g/mol. The Kier molecular flexibility index (Phi) is 8.04. The summed E-state index contributed by atoms with van der Waals surface area (Å²) in [5.41, 5.74) is 1.02. The van der Waals surface area contributed by atoms with Crippen LogP contribution >= 0.6 is 0 Å². The van der Waals surface area contributed by atoms with Crippen LogP contribution in [-0.2, 0) is 4.74 Å². The molecule has 7 nitrogen and oxygen atoms in total. The van der Waals surface area contributed by atoms with E-state index in [0.717, 1.165) is 64.0 Å². The highest BCUT2D eigenvalue weighted by atomic mass is 16.5. The molecule has 0 atom stereocenters. The van der Waals surface area contributed by atoms with Crippen molar-refractivity contribution in [1.29, 1.82) is 0 Å². The molecule has 1 aromatic rings. The molecule has 2 N–H and O–H groups in total. The molecule has 1 aromatic carbocycles. The zero-order valence-corrected chi connectivity index (χ0v) is 17.3. The normalized spacial score (nSPS) is 16.3. The van der Waals surface area contributed by atoms with Crippen LogP contribution in [0, 0.1) is 5.92 Å². The van der Waals surface area contributed by atoms with Crippen LogP contribution in [0.25, 0.3) is 0 Å². The molecular formula is C22H32N4O3. The number of benzene rings is 1. The van der Waals surface area contributed by atoms with Crippen molar-refractivity contribution >= 4 is 17.8 Å². The van der Waals surface area contributed by atoms with Crippen molar-refractivity contribution in [2.75, 3.05) is 39.4 Å². The van der Waals surface area contributed by atoms with Crippen molar-refractivity contribution in [3.8, 4) is 0 Å². The first-order valence-corrected chi connectivity index (χ1v) is 10.8. The van der Waals surface area contributed by atoms with Crippen LogP contribution in [-0.4, -0.2) is 62.1 Å². The Balaban J connectivity index is 1.31. The van der Waals surface area contributed by atoms with E-state index >= 15 is 0 Å². The predicted molar refractivity (Wildman–Crippen MR) is 113 cm³/mol. The molecule has 7 heteroatoms. The van der Waals surface area contributed by atoms with E-state index in [1.54, 1.807) is 24.3 Å². The van der Waals surface area contributed by atoms with E-state index in [4.69, 9.17) is 4.74 Å². The molecule has 158 valence electrons. The zero-order chi connectivity index (χ0) is 20.5. The van der Waals surface area contributed by atoms with Gasteiger partial charge < -0.3 is 15.4 Å². The minimum atomic E-state index is -0.183. The highest BCUT2D eigenvalue weighted by molar-refractivity contribution is 6.21. The summed E-state index contributed by atoms with van der Waals surface area (Å²) >= 11 is 0. The summed E-state index contributed by atoms with van der Waals surface area (Å²) < 4.78 is 5.63. The lowest BCUT2D eigenvalue weighted by Gasteiger charge is -2.14. The number of unbranched alkanes of at least 4 members (excludes halogenated alkanes) is 1. The van der Waals surface area contributed by atoms with Gasteiger partial charge in [-0.2, -0.15) is 0 Å². The van der Waals surface area contributed by atoms with Crippen molar-refractivity contribution in [2.45, 2.75) is 39.0 Å². The highest BCUT2D eigenvalue weighted by Crippen LogP contribution is 2.28. The number of ether oxygens (including phenoxy) is 1. The van der Waals surface area contributed by atoms with Crippen LogP contribution in [0.15, 0.2) is 29.3 Å². The van der Waals surface area contributed by atoms with Gasteiger partial charge in [0, 0.05) is 39.4 Å². The molecule has 0 radical (unpaired) electrons. The molecule has 29 heavy (non-hydrogen) atoms. The summed E-state index contributed by atoms with van der Waals surface area (Å²) in [5.74, 6) is 1.24. The smallest absolute Gasteiger partial charge is 0.261 e. The summed E-state index contributed by atoms with van der Waals surface area (Å²) in [5, 5.41) is 6.55. The number of amides is 2. The first kappa shape index (κ1) is 21.3. The maximum absolute atomic E-state index is 12.3. The number of carbonyl (C=O) groups excluding carboxylic acids is 2. The standard InChI is InChI=1S/C22H32N4O3/c1-2-23-22(25-13-7-15-29-16-17-10-11-17)24-12-5-6-14-26-20(27)18-8-3-4-9-19(18)21(26)28/h3-4,8-9,17H,2,5-7,10-16H2,1H3,(H2,23,24,25). The van der Waals surface area contributed by atoms with Gasteiger partial charge in [0.1, 0.15) is 0 Å². The summed E-state index contributed by atoms with van der Waals surface area (Å²) in [6.07, 6.45) is 5.16. The number of fused-ring (bicyclic) bond motifs is 1. The lowest BCUT2D eigenvalue weighted by molar-refractivity contribution is 0.0652. The average Bonchev–Trinajstić information content (AvgIpc) is 3.52. The Hall–Kier alpha value is -2.41. The third-order valence-electron chi connectivity index (χ3n) is 5.09. The first-order chi connectivity index (χ1) is 14.2. The number of guanidine groups is 1. The van der Waals surface area contributed by atoms with Gasteiger partial charge in [-0.1, -0.05) is 12.1 Å². The number of rotatable bonds is 12. The fraction of sp³-hybridized carbons (Fsp3) is 0.591. The Morgan fingerprint density at radius 2 is 1.83 bits per heavy atom. The van der Waals surface area contributed by atoms with Crippen molar-refractivity contribution < 1.29 is 14.3 Å². The van der Waals surface area contributed by atoms with Crippen molar-refractivity contribution in [2.24, 2.45) is 10.9 Å². The Morgan fingerprint density at radius 3 is 2.48 bits per heavy atom. The summed E-state index contributed by atoms with van der Waals surface area (Å²) in [7, 11) is 0. The van der Waals surface area contributed by atoms with Crippen molar-refractivity contribution in [3.05, 3.63) is 35.4 Å². The Labute approximate surface area is 172 Å². The fourth-order valence-corrected chi connectivity index (χ4v) is 3.28. The molecule has 0 unspecified atom stereocenters. The molecule has 0 bridgehead atoms. The van der Waals surface area contributed by atoms with Crippen molar-refractivity contribution in [3.63, 3.8) is 0 Å². The lowest BCUT2D eigenvalue weighted by atomic mass is 10.1. The average molecular weight is 401 g/mol. The van der Waals surface area contributed by atoms with E-state index in [0.29, 0.717) is 17.7 Å². The van der Waals surface area contributed by atoms with Crippen LogP contribution in [0.1, 0.15) is 59.7 Å². The van der Waals surface area contributed by atoms with Crippen LogP contribution in [0.3, 0.4) is 0 Å². The Bertz CT molecular complexity index is 696. The zero-order valence-electron chi connectivity index (χ0n) is 17.3. The second-order valence-electron chi connectivity index (χ2n) is 7.57. The van der Waals surface area contributed by atoms with Crippen molar-refractivity contribution in [1.82, 2.24) is 15.5 Å². The minimum Gasteiger partial charge on any atom is -0.381 e. The van der Waals surface area contributed by atoms with Gasteiger partial charge in [-0.05, 0) is 57.1 Å². The lowest BCUT2D eigenvalue weighted by Crippen LogP contribution is -2.38. The van der Waals surface area contributed by atoms with Gasteiger partial charge in [0.25, 0.3) is 11.8 Å². The maximum atomic E-state index is 12.3. The van der Waals surface area contributed by atoms with E-state index in [1.165, 1.54) is 17.7 Å². The Morgan fingerprint density at radius 1 is 1.10 bits per heavy atom. The number of aliphatic imine (C=N–C) groups is 1. The molecule has 2 amide bonds. The van der Waals surface area contributed by atoms with Crippen LogP contribution in [0.2, 0.25) is 0 Å². The highest BCUT2D eigenvalue weighted by Gasteiger charge is 2.34. The van der Waals surface area contributed by atoms with E-state index in [-0.39, 0.29) is 11.8 Å². The summed E-state index contributed by atoms with van der Waals surface area (Å²) in [6, 6.07) is 7.01. The molecule has 3 rings (SSSR count). The van der Waals surface area contributed by atoms with E-state index in [2.05, 4.69) is 15.6 Å². The topological polar surface area (TPSA) is 83.0 Å². The van der Waals surface area contributed by atoms with E-state index < -0.39 is 0 Å². The van der Waals surface area contributed by atoms with Gasteiger partial charge >= 0.3 is 0 Å². The summed E-state index contributed by atoms with van der Waals surface area (Å²) in [4.78, 5) is 30.6. The first-order valence-electron chi connectivity index (χ1n) is 10.8. The van der Waals surface area contributed by atoms with Crippen LogP contribution in [0.4, 0.5) is 0 Å². The van der Waals surface area contributed by atoms with E-state index in [1.807, 2.05) is 6.92 Å². The number of nitrogens with zero attached hydrogens (tertiary/aromatic N) is 2. The molecule has 1 saturated carbocycles. The summed E-state index contributed by atoms with van der Waals surface area (Å²) in [6.45, 7) is 6.42. The molecule has 1 aliphatic carbocycles. The van der Waals surface area contributed by atoms with Gasteiger partial charge in [0.05, 0.1) is 11.1 Å². The minimum absolute atomic E-state index is 0.183. The van der Waals surface area contributed by atoms with Crippen LogP contribution < -0.4 is 10.6 Å². The molecule has 1 aliphatic heterocycles. The SMILES string of the molecule is CCNC(=NCCCOCC1CC1)NCCCCN1C(=O)c2ccccc2C1=O.